The van der Waals surface area contributed by atoms with Gasteiger partial charge in [0.25, 0.3) is 0 Å². The summed E-state index contributed by atoms with van der Waals surface area (Å²) in [5, 5.41) is 38.2. The number of nitrogens with one attached hydrogen (secondary N) is 1. The average molecular weight is 357 g/mol. The second-order valence-electron chi connectivity index (χ2n) is 5.81. The Bertz CT molecular complexity index is 517. The third-order valence-electron chi connectivity index (χ3n) is 3.75. The number of hydrogen-bond acceptors (Lipinski definition) is 9. The molecule has 1 aliphatic rings. The van der Waals surface area contributed by atoms with Crippen molar-refractivity contribution in [3.8, 4) is 0 Å². The first kappa shape index (κ1) is 20.1. The third-order valence-corrected chi connectivity index (χ3v) is 3.75. The van der Waals surface area contributed by atoms with Crippen LogP contribution in [-0.2, 0) is 20.9 Å². The molecule has 1 aromatic heterocycles. The van der Waals surface area contributed by atoms with Crippen LogP contribution in [0, 0.1) is 6.92 Å². The van der Waals surface area contributed by atoms with Gasteiger partial charge in [-0.3, -0.25) is 9.82 Å². The van der Waals surface area contributed by atoms with Gasteiger partial charge in [-0.2, -0.15) is 0 Å². The fourth-order valence-electron chi connectivity index (χ4n) is 2.38. The molecular formula is C16H25N2O7. The number of aliphatic hydroxyl groups is 4. The summed E-state index contributed by atoms with van der Waals surface area (Å²) in [5.41, 5.74) is 4.49. The lowest BCUT2D eigenvalue weighted by molar-refractivity contribution is -0.301. The SMILES string of the molecule is [CH2]c1cncc(CONCCCO[C@H]2OC(CO)[C@@H](O)[C@@H](O)C2O)c1. The van der Waals surface area contributed by atoms with E-state index in [0.29, 0.717) is 19.6 Å². The van der Waals surface area contributed by atoms with Gasteiger partial charge in [0, 0.05) is 18.9 Å². The van der Waals surface area contributed by atoms with Gasteiger partial charge in [-0.25, -0.2) is 5.48 Å². The van der Waals surface area contributed by atoms with E-state index in [0.717, 1.165) is 11.1 Å². The molecule has 0 spiro atoms. The van der Waals surface area contributed by atoms with Crippen LogP contribution in [0.25, 0.3) is 0 Å². The maximum absolute atomic E-state index is 9.82. The van der Waals surface area contributed by atoms with E-state index in [1.54, 1.807) is 12.4 Å². The quantitative estimate of drug-likeness (QED) is 0.264. The van der Waals surface area contributed by atoms with Crippen LogP contribution in [-0.4, -0.2) is 75.9 Å². The fraction of sp³-hybridized carbons (Fsp3) is 0.625. The molecule has 2 heterocycles. The van der Waals surface area contributed by atoms with E-state index < -0.39 is 37.3 Å². The average Bonchev–Trinajstić information content (AvgIpc) is 2.60. The van der Waals surface area contributed by atoms with Crippen molar-refractivity contribution in [3.63, 3.8) is 0 Å². The largest absolute Gasteiger partial charge is 0.394 e. The molecule has 1 aliphatic heterocycles. The van der Waals surface area contributed by atoms with Gasteiger partial charge in [0.15, 0.2) is 6.29 Å². The first-order valence-electron chi connectivity index (χ1n) is 8.05. The van der Waals surface area contributed by atoms with Crippen LogP contribution >= 0.6 is 0 Å². The molecule has 9 heteroatoms. The second kappa shape index (κ2) is 10.1. The minimum atomic E-state index is -1.44. The monoisotopic (exact) mass is 357 g/mol. The molecule has 0 aliphatic carbocycles. The van der Waals surface area contributed by atoms with Gasteiger partial charge in [0.05, 0.1) is 19.8 Å². The topological polar surface area (TPSA) is 134 Å². The fourth-order valence-corrected chi connectivity index (χ4v) is 2.38. The summed E-state index contributed by atoms with van der Waals surface area (Å²) in [4.78, 5) is 9.31. The lowest BCUT2D eigenvalue weighted by Crippen LogP contribution is -2.59. The lowest BCUT2D eigenvalue weighted by Gasteiger charge is -2.39. The number of rotatable bonds is 9. The van der Waals surface area contributed by atoms with Gasteiger partial charge in [0.1, 0.15) is 24.4 Å². The Morgan fingerprint density at radius 1 is 1.20 bits per heavy atom. The van der Waals surface area contributed by atoms with Crippen molar-refractivity contribution < 1.29 is 34.7 Å². The smallest absolute Gasteiger partial charge is 0.186 e. The van der Waals surface area contributed by atoms with Crippen molar-refractivity contribution in [3.05, 3.63) is 36.5 Å². The molecule has 1 saturated heterocycles. The summed E-state index contributed by atoms with van der Waals surface area (Å²) in [5.74, 6) is 0. The van der Waals surface area contributed by atoms with Gasteiger partial charge in [0.2, 0.25) is 0 Å². The van der Waals surface area contributed by atoms with E-state index in [1.165, 1.54) is 0 Å². The Balaban J connectivity index is 1.59. The summed E-state index contributed by atoms with van der Waals surface area (Å²) < 4.78 is 10.6. The van der Waals surface area contributed by atoms with E-state index in [9.17, 15) is 15.3 Å². The summed E-state index contributed by atoms with van der Waals surface area (Å²) in [6.45, 7) is 4.38. The second-order valence-corrected chi connectivity index (χ2v) is 5.81. The number of pyridine rings is 1. The summed E-state index contributed by atoms with van der Waals surface area (Å²) in [6.07, 6.45) is -2.38. The Morgan fingerprint density at radius 3 is 2.72 bits per heavy atom. The zero-order chi connectivity index (χ0) is 18.2. The van der Waals surface area contributed by atoms with Crippen LogP contribution in [0.1, 0.15) is 17.5 Å². The van der Waals surface area contributed by atoms with Gasteiger partial charge in [-0.05, 0) is 24.5 Å². The van der Waals surface area contributed by atoms with Gasteiger partial charge in [-0.15, -0.1) is 0 Å². The number of nitrogens with zero attached hydrogens (tertiary/aromatic N) is 1. The predicted molar refractivity (Wildman–Crippen MR) is 85.8 cm³/mol. The molecule has 1 fully saturated rings. The predicted octanol–water partition coefficient (Wildman–Crippen LogP) is -1.51. The molecule has 2 unspecified atom stereocenters. The maximum atomic E-state index is 9.82. The van der Waals surface area contributed by atoms with Crippen LogP contribution in [0.5, 0.6) is 0 Å². The molecule has 9 nitrogen and oxygen atoms in total. The van der Waals surface area contributed by atoms with E-state index in [2.05, 4.69) is 17.4 Å². The highest BCUT2D eigenvalue weighted by Crippen LogP contribution is 2.21. The van der Waals surface area contributed by atoms with Crippen molar-refractivity contribution in [2.45, 2.75) is 43.7 Å². The molecule has 5 atom stereocenters. The third kappa shape index (κ3) is 5.94. The molecule has 1 radical (unpaired) electrons. The molecular weight excluding hydrogens is 332 g/mol. The molecule has 141 valence electrons. The first-order chi connectivity index (χ1) is 12.0. The zero-order valence-corrected chi connectivity index (χ0v) is 13.8. The van der Waals surface area contributed by atoms with Crippen molar-refractivity contribution in [2.24, 2.45) is 0 Å². The van der Waals surface area contributed by atoms with Crippen molar-refractivity contribution >= 4 is 0 Å². The Hall–Kier alpha value is -1.17. The van der Waals surface area contributed by atoms with E-state index in [4.69, 9.17) is 19.4 Å². The molecule has 25 heavy (non-hydrogen) atoms. The van der Waals surface area contributed by atoms with Crippen LogP contribution in [0.4, 0.5) is 0 Å². The van der Waals surface area contributed by atoms with E-state index in [1.807, 2.05) is 6.07 Å². The van der Waals surface area contributed by atoms with Crippen LogP contribution in [0.15, 0.2) is 18.5 Å². The summed E-state index contributed by atoms with van der Waals surface area (Å²) in [6, 6.07) is 1.87. The highest BCUT2D eigenvalue weighted by molar-refractivity contribution is 5.19. The number of aromatic nitrogens is 1. The summed E-state index contributed by atoms with van der Waals surface area (Å²) in [7, 11) is 0. The number of ether oxygens (including phenoxy) is 2. The Kier molecular flexibility index (Phi) is 8.13. The lowest BCUT2D eigenvalue weighted by atomic mass is 9.99. The zero-order valence-electron chi connectivity index (χ0n) is 13.8. The highest BCUT2D eigenvalue weighted by atomic mass is 16.7. The molecule has 0 amide bonds. The number of aliphatic hydroxyl groups excluding tert-OH is 4. The van der Waals surface area contributed by atoms with Gasteiger partial charge < -0.3 is 29.9 Å². The molecule has 1 aromatic rings. The number of hydrogen-bond donors (Lipinski definition) is 5. The van der Waals surface area contributed by atoms with Crippen LogP contribution in [0.2, 0.25) is 0 Å². The first-order valence-corrected chi connectivity index (χ1v) is 8.05. The standard InChI is InChI=1S/C16H25N2O7/c1-10-5-11(7-17-6-10)9-24-18-3-2-4-23-16-15(22)14(21)13(20)12(8-19)25-16/h5-7,12-16,18-22H,1-4,8-9H2/t12?,13-,14-,15?,16+/m1/s1. The van der Waals surface area contributed by atoms with Crippen LogP contribution < -0.4 is 5.48 Å². The minimum Gasteiger partial charge on any atom is -0.394 e. The molecule has 2 rings (SSSR count). The van der Waals surface area contributed by atoms with Gasteiger partial charge >= 0.3 is 0 Å². The summed E-state index contributed by atoms with van der Waals surface area (Å²) >= 11 is 0. The molecule has 0 aromatic carbocycles. The van der Waals surface area contributed by atoms with Crippen molar-refractivity contribution in [2.75, 3.05) is 19.8 Å². The Labute approximate surface area is 146 Å². The van der Waals surface area contributed by atoms with Crippen molar-refractivity contribution in [1.82, 2.24) is 10.5 Å². The highest BCUT2D eigenvalue weighted by Gasteiger charge is 2.43. The molecule has 0 bridgehead atoms. The van der Waals surface area contributed by atoms with Gasteiger partial charge in [-0.1, -0.05) is 6.07 Å². The normalized spacial score (nSPS) is 29.7. The maximum Gasteiger partial charge on any atom is 0.186 e. The van der Waals surface area contributed by atoms with Crippen molar-refractivity contribution in [1.29, 1.82) is 0 Å². The molecule has 0 saturated carbocycles. The van der Waals surface area contributed by atoms with E-state index >= 15 is 0 Å². The molecule has 5 N–H and O–H groups in total. The number of hydroxylamine groups is 1. The minimum absolute atomic E-state index is 0.231. The van der Waals surface area contributed by atoms with Crippen LogP contribution in [0.3, 0.4) is 0 Å². The Morgan fingerprint density at radius 2 is 2.00 bits per heavy atom. The van der Waals surface area contributed by atoms with E-state index in [-0.39, 0.29) is 6.61 Å².